The number of nitrogens with zero attached hydrogens (tertiary/aromatic N) is 1. The zero-order valence-electron chi connectivity index (χ0n) is 58.5. The molecule has 0 amide bonds. The highest BCUT2D eigenvalue weighted by Crippen LogP contribution is 2.43. The predicted octanol–water partition coefficient (Wildman–Crippen LogP) is 24.5. The highest BCUT2D eigenvalue weighted by atomic mass is 31.2. The number of carbonyl (C=O) groups excluding carboxylic acids is 2. The minimum Gasteiger partial charge on any atom is -0.462 e. The average Bonchev–Trinajstić information content (AvgIpc) is 3.60. The van der Waals surface area contributed by atoms with Crippen molar-refractivity contribution < 1.29 is 42.1 Å². The van der Waals surface area contributed by atoms with E-state index < -0.39 is 26.5 Å². The first-order valence-corrected chi connectivity index (χ1v) is 38.8. The van der Waals surface area contributed by atoms with E-state index in [2.05, 4.69) is 98.9 Å². The smallest absolute Gasteiger partial charge is 0.462 e. The van der Waals surface area contributed by atoms with E-state index in [0.717, 1.165) is 77.0 Å². The number of hydrogen-bond acceptors (Lipinski definition) is 7. The molecule has 0 fully saturated rings. The number of allylic oxidation sites excluding steroid dienone is 14. The Morgan fingerprint density at radius 2 is 0.648 bits per heavy atom. The first-order chi connectivity index (χ1) is 43.0. The van der Waals surface area contributed by atoms with Crippen LogP contribution in [0.4, 0.5) is 0 Å². The van der Waals surface area contributed by atoms with Crippen molar-refractivity contribution in [3.8, 4) is 0 Å². The van der Waals surface area contributed by atoms with Crippen molar-refractivity contribution in [3.05, 3.63) is 85.1 Å². The van der Waals surface area contributed by atoms with Crippen LogP contribution in [-0.4, -0.2) is 74.9 Å². The number of esters is 2. The number of carbonyl (C=O) groups is 2. The summed E-state index contributed by atoms with van der Waals surface area (Å²) in [5, 5.41) is 0. The lowest BCUT2D eigenvalue weighted by molar-refractivity contribution is -0.870. The van der Waals surface area contributed by atoms with E-state index >= 15 is 0 Å². The molecule has 0 spiro atoms. The summed E-state index contributed by atoms with van der Waals surface area (Å²) in [6.45, 7) is 4.35. The predicted molar refractivity (Wildman–Crippen MR) is 381 cm³/mol. The maximum absolute atomic E-state index is 12.9. The summed E-state index contributed by atoms with van der Waals surface area (Å²) < 4.78 is 34.8. The van der Waals surface area contributed by atoms with Crippen LogP contribution >= 0.6 is 7.82 Å². The van der Waals surface area contributed by atoms with Gasteiger partial charge in [-0.25, -0.2) is 4.57 Å². The third-order valence-electron chi connectivity index (χ3n) is 16.4. The second kappa shape index (κ2) is 68.6. The number of hydrogen-bond donors (Lipinski definition) is 1. The van der Waals surface area contributed by atoms with Gasteiger partial charge in [-0.2, -0.15) is 0 Å². The van der Waals surface area contributed by atoms with E-state index in [1.54, 1.807) is 0 Å². The molecule has 9 nitrogen and oxygen atoms in total. The van der Waals surface area contributed by atoms with Crippen LogP contribution in [0.2, 0.25) is 0 Å². The third kappa shape index (κ3) is 72.3. The van der Waals surface area contributed by atoms with E-state index in [9.17, 15) is 19.0 Å². The quantitative estimate of drug-likeness (QED) is 0.0211. The van der Waals surface area contributed by atoms with Gasteiger partial charge in [0.15, 0.2) is 6.10 Å². The minimum absolute atomic E-state index is 0.0299. The Bertz CT molecular complexity index is 1760. The molecule has 0 radical (unpaired) electrons. The van der Waals surface area contributed by atoms with Crippen LogP contribution in [-0.2, 0) is 32.7 Å². The number of quaternary nitrogens is 1. The molecule has 0 aromatic heterocycles. The maximum Gasteiger partial charge on any atom is 0.472 e. The minimum atomic E-state index is -4.40. The Hall–Kier alpha value is -2.81. The van der Waals surface area contributed by atoms with Gasteiger partial charge in [0.1, 0.15) is 19.8 Å². The molecule has 0 bridgehead atoms. The molecular weight excluding hydrogens is 1110 g/mol. The topological polar surface area (TPSA) is 108 Å². The summed E-state index contributed by atoms with van der Waals surface area (Å²) >= 11 is 0. The van der Waals surface area contributed by atoms with E-state index in [0.29, 0.717) is 17.4 Å². The first kappa shape index (κ1) is 85.2. The van der Waals surface area contributed by atoms with Crippen molar-refractivity contribution in [2.75, 3.05) is 47.5 Å². The largest absolute Gasteiger partial charge is 0.472 e. The zero-order chi connectivity index (χ0) is 64.1. The van der Waals surface area contributed by atoms with Gasteiger partial charge < -0.3 is 18.9 Å². The number of unbranched alkanes of at least 4 members (excludes halogenated alkanes) is 41. The molecule has 0 aromatic rings. The molecule has 0 saturated heterocycles. The summed E-state index contributed by atoms with van der Waals surface area (Å²) in [4.78, 5) is 35.9. The van der Waals surface area contributed by atoms with Gasteiger partial charge in [0.25, 0.3) is 0 Å². The van der Waals surface area contributed by atoms with Gasteiger partial charge >= 0.3 is 19.8 Å². The second-order valence-electron chi connectivity index (χ2n) is 26.3. The zero-order valence-corrected chi connectivity index (χ0v) is 59.4. The van der Waals surface area contributed by atoms with Crippen LogP contribution in [0.1, 0.15) is 348 Å². The monoisotopic (exact) mass is 1250 g/mol. The lowest BCUT2D eigenvalue weighted by Crippen LogP contribution is -2.37. The summed E-state index contributed by atoms with van der Waals surface area (Å²) in [6.07, 6.45) is 94.2. The van der Waals surface area contributed by atoms with Gasteiger partial charge in [-0.15, -0.1) is 0 Å². The summed E-state index contributed by atoms with van der Waals surface area (Å²) in [7, 11) is 1.48. The molecule has 0 aliphatic carbocycles. The van der Waals surface area contributed by atoms with Gasteiger partial charge in [-0.3, -0.25) is 18.6 Å². The van der Waals surface area contributed by atoms with Gasteiger partial charge in [0.2, 0.25) is 0 Å². The molecule has 512 valence electrons. The number of phosphoric ester groups is 1. The van der Waals surface area contributed by atoms with E-state index in [1.165, 1.54) is 238 Å². The third-order valence-corrected chi connectivity index (χ3v) is 17.4. The van der Waals surface area contributed by atoms with E-state index in [-0.39, 0.29) is 32.0 Å². The van der Waals surface area contributed by atoms with Crippen LogP contribution in [0, 0.1) is 0 Å². The van der Waals surface area contributed by atoms with Crippen molar-refractivity contribution in [2.45, 2.75) is 354 Å². The molecule has 0 saturated carbocycles. The highest BCUT2D eigenvalue weighted by Gasteiger charge is 2.27. The molecule has 0 rings (SSSR count). The van der Waals surface area contributed by atoms with Gasteiger partial charge in [-0.1, -0.05) is 330 Å². The van der Waals surface area contributed by atoms with Crippen LogP contribution in [0.5, 0.6) is 0 Å². The standard InChI is InChI=1S/C78H142NO8P/c1-6-8-10-12-14-16-18-20-22-24-26-28-30-32-34-35-36-37-38-39-40-41-42-43-45-46-48-50-52-54-56-58-60-62-64-66-68-70-77(80)84-74-76(75-86-88(82,83)85-73-72-79(3,4)5)87-78(81)71-69-67-65-63-61-59-57-55-53-51-49-47-44-33-31-29-27-25-23-21-19-17-15-13-11-9-7-2/h9,11,15,17-18,20-21,23-24,26-27,29,33,44,76H,6-8,10,12-14,16,19,22,25,28,30-32,34-43,45-75H2,1-5H3/p+1/b11-9-,17-15-,20-18-,23-21-,26-24-,29-27-,44-33-. The normalized spacial score (nSPS) is 13.6. The fourth-order valence-electron chi connectivity index (χ4n) is 10.7. The van der Waals surface area contributed by atoms with Crippen LogP contribution < -0.4 is 0 Å². The molecule has 88 heavy (non-hydrogen) atoms. The maximum atomic E-state index is 12.9. The summed E-state index contributed by atoms with van der Waals surface area (Å²) in [6, 6.07) is 0. The van der Waals surface area contributed by atoms with Gasteiger partial charge in [-0.05, 0) is 89.9 Å². The Balaban J connectivity index is 3.96. The Morgan fingerprint density at radius 3 is 0.966 bits per heavy atom. The number of ether oxygens (including phenoxy) is 2. The SMILES string of the molecule is CC/C=C\C/C=C\C/C=C\C/C=C\C/C=C\CCCCCCCCCCCCCC(=O)OC(COC(=O)CCCCCCCCCCCCCCCCCCCCCCCCCCC/C=C\C/C=C\CCCCCCC)COP(=O)(O)OCC[N+](C)(C)C. The Kier molecular flexibility index (Phi) is 66.4. The average molecular weight is 1250 g/mol. The van der Waals surface area contributed by atoms with Gasteiger partial charge in [0, 0.05) is 12.8 Å². The Morgan fingerprint density at radius 1 is 0.364 bits per heavy atom. The first-order valence-electron chi connectivity index (χ1n) is 37.3. The fraction of sp³-hybridized carbons (Fsp3) is 0.795. The van der Waals surface area contributed by atoms with Crippen molar-refractivity contribution in [2.24, 2.45) is 0 Å². The molecule has 2 atom stereocenters. The van der Waals surface area contributed by atoms with Crippen LogP contribution in [0.15, 0.2) is 85.1 Å². The van der Waals surface area contributed by atoms with Crippen molar-refractivity contribution in [1.82, 2.24) is 0 Å². The molecule has 0 aromatic carbocycles. The van der Waals surface area contributed by atoms with Crippen LogP contribution in [0.25, 0.3) is 0 Å². The molecular formula is C78H143NO8P+. The number of likely N-dealkylation sites (N-methyl/N-ethyl adjacent to an activating group) is 1. The molecule has 0 heterocycles. The number of rotatable bonds is 69. The van der Waals surface area contributed by atoms with Crippen molar-refractivity contribution >= 4 is 19.8 Å². The lowest BCUT2D eigenvalue weighted by Gasteiger charge is -2.24. The van der Waals surface area contributed by atoms with Crippen molar-refractivity contribution in [3.63, 3.8) is 0 Å². The number of phosphoric acid groups is 1. The molecule has 0 aliphatic rings. The van der Waals surface area contributed by atoms with E-state index in [4.69, 9.17) is 18.5 Å². The molecule has 1 N–H and O–H groups in total. The summed E-state index contributed by atoms with van der Waals surface area (Å²) in [5.41, 5.74) is 0. The Labute approximate surface area is 545 Å². The van der Waals surface area contributed by atoms with Crippen molar-refractivity contribution in [1.29, 1.82) is 0 Å². The molecule has 0 aliphatic heterocycles. The summed E-state index contributed by atoms with van der Waals surface area (Å²) in [5.74, 6) is -0.788. The lowest BCUT2D eigenvalue weighted by atomic mass is 10.0. The molecule has 10 heteroatoms. The fourth-order valence-corrected chi connectivity index (χ4v) is 11.5. The van der Waals surface area contributed by atoms with Crippen LogP contribution in [0.3, 0.4) is 0 Å². The van der Waals surface area contributed by atoms with Gasteiger partial charge in [0.05, 0.1) is 27.7 Å². The molecule has 2 unspecified atom stereocenters. The highest BCUT2D eigenvalue weighted by molar-refractivity contribution is 7.47. The second-order valence-corrected chi connectivity index (χ2v) is 27.8. The van der Waals surface area contributed by atoms with E-state index in [1.807, 2.05) is 21.1 Å².